The van der Waals surface area contributed by atoms with Crippen LogP contribution < -0.4 is 5.32 Å². The molecule has 1 aromatic rings. The van der Waals surface area contributed by atoms with Crippen LogP contribution in [0.25, 0.3) is 0 Å². The van der Waals surface area contributed by atoms with Crippen molar-refractivity contribution in [1.29, 1.82) is 0 Å². The van der Waals surface area contributed by atoms with Gasteiger partial charge in [-0.3, -0.25) is 9.00 Å². The van der Waals surface area contributed by atoms with Gasteiger partial charge in [-0.05, 0) is 37.6 Å². The first kappa shape index (κ1) is 16.4. The van der Waals surface area contributed by atoms with Crippen LogP contribution in [0.5, 0.6) is 0 Å². The fourth-order valence-corrected chi connectivity index (χ4v) is 2.57. The number of hydrogen-bond acceptors (Lipinski definition) is 3. The van der Waals surface area contributed by atoms with Crippen molar-refractivity contribution in [3.05, 3.63) is 34.9 Å². The van der Waals surface area contributed by atoms with Crippen molar-refractivity contribution >= 4 is 16.7 Å². The van der Waals surface area contributed by atoms with Crippen LogP contribution in [0.4, 0.5) is 0 Å². The Bertz CT molecular complexity index is 572. The number of carbonyl (C=O) groups excluding carboxylic acids is 1. The van der Waals surface area contributed by atoms with Gasteiger partial charge in [-0.2, -0.15) is 0 Å². The average molecular weight is 293 g/mol. The molecule has 0 saturated carbocycles. The molecule has 0 fully saturated rings. The van der Waals surface area contributed by atoms with E-state index in [0.717, 1.165) is 11.1 Å². The molecule has 0 bridgehead atoms. The van der Waals surface area contributed by atoms with Crippen molar-refractivity contribution in [2.24, 2.45) is 0 Å². The van der Waals surface area contributed by atoms with Crippen LogP contribution in [0.3, 0.4) is 0 Å². The van der Waals surface area contributed by atoms with Crippen LogP contribution in [-0.2, 0) is 10.8 Å². The molecule has 0 heterocycles. The number of carbonyl (C=O) groups is 1. The van der Waals surface area contributed by atoms with E-state index in [1.165, 1.54) is 0 Å². The maximum Gasteiger partial charge on any atom is 0.251 e. The lowest BCUT2D eigenvalue weighted by Crippen LogP contribution is -2.36. The minimum atomic E-state index is -0.937. The number of aliphatic hydroxyl groups excluding tert-OH is 1. The summed E-state index contributed by atoms with van der Waals surface area (Å²) in [6.07, 6.45) is 1.61. The molecule has 1 aromatic carbocycles. The van der Waals surface area contributed by atoms with Crippen molar-refractivity contribution in [3.8, 4) is 11.8 Å². The number of benzene rings is 1. The van der Waals surface area contributed by atoms with E-state index in [-0.39, 0.29) is 18.6 Å². The molecular formula is C15H19NO3S. The van der Waals surface area contributed by atoms with Crippen LogP contribution in [0, 0.1) is 18.8 Å². The van der Waals surface area contributed by atoms with Crippen molar-refractivity contribution in [2.75, 3.05) is 18.6 Å². The molecule has 0 aliphatic heterocycles. The number of aryl methyl sites for hydroxylation is 1. The van der Waals surface area contributed by atoms with Crippen molar-refractivity contribution in [2.45, 2.75) is 19.9 Å². The first-order chi connectivity index (χ1) is 9.43. The Kier molecular flexibility index (Phi) is 6.43. The molecule has 20 heavy (non-hydrogen) atoms. The summed E-state index contributed by atoms with van der Waals surface area (Å²) in [7, 11) is -0.937. The molecule has 0 aliphatic carbocycles. The van der Waals surface area contributed by atoms with Gasteiger partial charge in [0, 0.05) is 40.0 Å². The highest BCUT2D eigenvalue weighted by atomic mass is 32.2. The van der Waals surface area contributed by atoms with Gasteiger partial charge < -0.3 is 10.4 Å². The smallest absolute Gasteiger partial charge is 0.251 e. The van der Waals surface area contributed by atoms with Gasteiger partial charge in [-0.15, -0.1) is 0 Å². The van der Waals surface area contributed by atoms with Crippen LogP contribution in [-0.4, -0.2) is 39.9 Å². The topological polar surface area (TPSA) is 66.4 Å². The SMILES string of the molecule is Cc1cc(C(=O)NC(C)CS(C)=O)ccc1C#CCO. The normalized spacial score (nSPS) is 13.0. The Balaban J connectivity index is 2.79. The fraction of sp³-hybridized carbons (Fsp3) is 0.400. The highest BCUT2D eigenvalue weighted by Gasteiger charge is 2.11. The second-order valence-electron chi connectivity index (χ2n) is 4.60. The molecule has 4 nitrogen and oxygen atoms in total. The summed E-state index contributed by atoms with van der Waals surface area (Å²) in [5.74, 6) is 5.65. The molecule has 0 saturated heterocycles. The third-order valence-electron chi connectivity index (χ3n) is 2.65. The quantitative estimate of drug-likeness (QED) is 0.808. The third kappa shape index (κ3) is 5.16. The zero-order valence-electron chi connectivity index (χ0n) is 11.9. The van der Waals surface area contributed by atoms with Crippen LogP contribution in [0.15, 0.2) is 18.2 Å². The molecule has 108 valence electrons. The fourth-order valence-electron chi connectivity index (χ4n) is 1.78. The average Bonchev–Trinajstić information content (AvgIpc) is 2.36. The molecule has 0 spiro atoms. The van der Waals surface area contributed by atoms with Gasteiger partial charge in [-0.25, -0.2) is 0 Å². The number of nitrogens with one attached hydrogen (secondary N) is 1. The zero-order chi connectivity index (χ0) is 15.1. The van der Waals surface area contributed by atoms with Crippen molar-refractivity contribution in [1.82, 2.24) is 5.32 Å². The Morgan fingerprint density at radius 2 is 2.20 bits per heavy atom. The highest BCUT2D eigenvalue weighted by molar-refractivity contribution is 7.84. The summed E-state index contributed by atoms with van der Waals surface area (Å²) in [5, 5.41) is 11.5. The van der Waals surface area contributed by atoms with Gasteiger partial charge >= 0.3 is 0 Å². The second-order valence-corrected chi connectivity index (χ2v) is 6.08. The lowest BCUT2D eigenvalue weighted by atomic mass is 10.0. The molecule has 1 amide bonds. The summed E-state index contributed by atoms with van der Waals surface area (Å²) < 4.78 is 11.1. The van der Waals surface area contributed by atoms with Gasteiger partial charge in [0.25, 0.3) is 5.91 Å². The molecule has 0 radical (unpaired) electrons. The van der Waals surface area contributed by atoms with E-state index >= 15 is 0 Å². The largest absolute Gasteiger partial charge is 0.384 e. The molecule has 2 unspecified atom stereocenters. The van der Waals surface area contributed by atoms with Crippen molar-refractivity contribution in [3.63, 3.8) is 0 Å². The molecule has 0 aliphatic rings. The number of hydrogen-bond donors (Lipinski definition) is 2. The van der Waals surface area contributed by atoms with Crippen LogP contribution >= 0.6 is 0 Å². The second kappa shape index (κ2) is 7.83. The molecule has 0 aromatic heterocycles. The Morgan fingerprint density at radius 1 is 1.50 bits per heavy atom. The molecular weight excluding hydrogens is 274 g/mol. The lowest BCUT2D eigenvalue weighted by molar-refractivity contribution is 0.0943. The van der Waals surface area contributed by atoms with Gasteiger partial charge in [0.1, 0.15) is 6.61 Å². The van der Waals surface area contributed by atoms with Gasteiger partial charge in [0.2, 0.25) is 0 Å². The van der Waals surface area contributed by atoms with E-state index in [1.807, 2.05) is 13.8 Å². The standard InChI is InChI=1S/C15H19NO3S/c1-11-9-14(7-6-13(11)5-4-8-17)15(18)16-12(2)10-20(3)19/h6-7,9,12,17H,8,10H2,1-3H3,(H,16,18). The summed E-state index contributed by atoms with van der Waals surface area (Å²) in [6.45, 7) is 3.50. The van der Waals surface area contributed by atoms with Crippen LogP contribution in [0.1, 0.15) is 28.4 Å². The summed E-state index contributed by atoms with van der Waals surface area (Å²) in [5.41, 5.74) is 2.22. The van der Waals surface area contributed by atoms with E-state index < -0.39 is 10.8 Å². The highest BCUT2D eigenvalue weighted by Crippen LogP contribution is 2.10. The number of aliphatic hydroxyl groups is 1. The Labute approximate surface area is 122 Å². The summed E-state index contributed by atoms with van der Waals surface area (Å²) in [4.78, 5) is 12.0. The van der Waals surface area contributed by atoms with E-state index in [1.54, 1.807) is 24.5 Å². The molecule has 2 atom stereocenters. The Hall–Kier alpha value is -1.64. The summed E-state index contributed by atoms with van der Waals surface area (Å²) >= 11 is 0. The van der Waals surface area contributed by atoms with E-state index in [2.05, 4.69) is 17.2 Å². The summed E-state index contributed by atoms with van der Waals surface area (Å²) in [6, 6.07) is 5.07. The van der Waals surface area contributed by atoms with Gasteiger partial charge in [0.05, 0.1) is 0 Å². The van der Waals surface area contributed by atoms with Gasteiger partial charge in [-0.1, -0.05) is 11.8 Å². The van der Waals surface area contributed by atoms with E-state index in [4.69, 9.17) is 5.11 Å². The van der Waals surface area contributed by atoms with Gasteiger partial charge in [0.15, 0.2) is 0 Å². The van der Waals surface area contributed by atoms with E-state index in [0.29, 0.717) is 11.3 Å². The first-order valence-corrected chi connectivity index (χ1v) is 7.98. The van der Waals surface area contributed by atoms with E-state index in [9.17, 15) is 9.00 Å². The third-order valence-corrected chi connectivity index (χ3v) is 3.62. The number of rotatable bonds is 4. The molecule has 1 rings (SSSR count). The lowest BCUT2D eigenvalue weighted by Gasteiger charge is -2.13. The monoisotopic (exact) mass is 293 g/mol. The predicted molar refractivity (Wildman–Crippen MR) is 81.0 cm³/mol. The molecule has 5 heteroatoms. The minimum Gasteiger partial charge on any atom is -0.384 e. The van der Waals surface area contributed by atoms with Crippen molar-refractivity contribution < 1.29 is 14.1 Å². The predicted octanol–water partition coefficient (Wildman–Crippen LogP) is 0.836. The minimum absolute atomic E-state index is 0.137. The maximum absolute atomic E-state index is 12.0. The molecule has 2 N–H and O–H groups in total. The Morgan fingerprint density at radius 3 is 2.75 bits per heavy atom. The maximum atomic E-state index is 12.0. The van der Waals surface area contributed by atoms with Crippen LogP contribution in [0.2, 0.25) is 0 Å². The zero-order valence-corrected chi connectivity index (χ0v) is 12.7. The number of amides is 1. The first-order valence-electron chi connectivity index (χ1n) is 6.25.